The molecule has 0 aliphatic carbocycles. The van der Waals surface area contributed by atoms with Crippen LogP contribution in [0, 0.1) is 0 Å². The van der Waals surface area contributed by atoms with Crippen molar-refractivity contribution in [3.8, 4) is 0 Å². The standard InChI is InChI=1S/C32H54O8/c1-23(15-35-27(5)19-39-29(7)21-37-25(3)17-33-9)31-12-11-13-32(14-31)24(2)16-36-28(6)20-40-30(8)22-38-26(4)18-34-10/h11-14,16,25-30H,1,15,17-22H2,2-10H3/b24-16-. The van der Waals surface area contributed by atoms with Crippen molar-refractivity contribution < 1.29 is 37.9 Å². The molecule has 0 N–H and O–H groups in total. The molecule has 8 nitrogen and oxygen atoms in total. The van der Waals surface area contributed by atoms with Gasteiger partial charge >= 0.3 is 0 Å². The second-order valence-electron chi connectivity index (χ2n) is 10.5. The van der Waals surface area contributed by atoms with E-state index < -0.39 is 0 Å². The van der Waals surface area contributed by atoms with Gasteiger partial charge < -0.3 is 37.9 Å². The smallest absolute Gasteiger partial charge is 0.118 e. The Morgan fingerprint density at radius 3 is 1.57 bits per heavy atom. The van der Waals surface area contributed by atoms with Crippen LogP contribution >= 0.6 is 0 Å². The molecule has 0 spiro atoms. The summed E-state index contributed by atoms with van der Waals surface area (Å²) in [5, 5.41) is 0. The van der Waals surface area contributed by atoms with E-state index in [0.717, 1.165) is 22.3 Å². The molecule has 0 radical (unpaired) electrons. The van der Waals surface area contributed by atoms with Crippen LogP contribution in [0.2, 0.25) is 0 Å². The molecule has 0 bridgehead atoms. The van der Waals surface area contributed by atoms with E-state index in [4.69, 9.17) is 37.9 Å². The van der Waals surface area contributed by atoms with E-state index in [2.05, 4.69) is 18.7 Å². The van der Waals surface area contributed by atoms with Gasteiger partial charge in [-0.1, -0.05) is 24.8 Å². The fraction of sp³-hybridized carbons (Fsp3) is 0.688. The molecule has 6 atom stereocenters. The Morgan fingerprint density at radius 2 is 1.07 bits per heavy atom. The molecule has 0 heterocycles. The Labute approximate surface area is 242 Å². The molecule has 0 saturated carbocycles. The molecule has 1 rings (SSSR count). The number of benzene rings is 1. The Balaban J connectivity index is 2.44. The number of rotatable bonds is 23. The summed E-state index contributed by atoms with van der Waals surface area (Å²) in [5.74, 6) is 0. The van der Waals surface area contributed by atoms with Gasteiger partial charge in [0.25, 0.3) is 0 Å². The summed E-state index contributed by atoms with van der Waals surface area (Å²) in [4.78, 5) is 0. The quantitative estimate of drug-likeness (QED) is 0.154. The lowest BCUT2D eigenvalue weighted by molar-refractivity contribution is -0.0736. The zero-order valence-corrected chi connectivity index (χ0v) is 26.3. The van der Waals surface area contributed by atoms with E-state index in [1.807, 2.05) is 60.6 Å². The van der Waals surface area contributed by atoms with Gasteiger partial charge in [-0.3, -0.25) is 0 Å². The number of hydrogen-bond acceptors (Lipinski definition) is 8. The molecular weight excluding hydrogens is 512 g/mol. The van der Waals surface area contributed by atoms with Gasteiger partial charge in [0.2, 0.25) is 0 Å². The number of methoxy groups -OCH3 is 2. The molecule has 0 aliphatic rings. The van der Waals surface area contributed by atoms with Crippen molar-refractivity contribution in [2.45, 2.75) is 85.1 Å². The third-order valence-electron chi connectivity index (χ3n) is 6.01. The van der Waals surface area contributed by atoms with Gasteiger partial charge in [-0.25, -0.2) is 0 Å². The first-order valence-electron chi connectivity index (χ1n) is 14.2. The normalized spacial score (nSPS) is 16.7. The van der Waals surface area contributed by atoms with Crippen molar-refractivity contribution in [2.24, 2.45) is 0 Å². The van der Waals surface area contributed by atoms with Crippen LogP contribution in [0.3, 0.4) is 0 Å². The molecule has 0 amide bonds. The molecule has 0 aromatic heterocycles. The largest absolute Gasteiger partial charge is 0.496 e. The van der Waals surface area contributed by atoms with E-state index in [1.54, 1.807) is 20.5 Å². The third-order valence-corrected chi connectivity index (χ3v) is 6.01. The first-order valence-corrected chi connectivity index (χ1v) is 14.2. The summed E-state index contributed by atoms with van der Waals surface area (Å²) >= 11 is 0. The van der Waals surface area contributed by atoms with Gasteiger partial charge in [0.15, 0.2) is 0 Å². The second-order valence-corrected chi connectivity index (χ2v) is 10.5. The minimum atomic E-state index is -0.0907. The maximum atomic E-state index is 5.99. The molecule has 40 heavy (non-hydrogen) atoms. The van der Waals surface area contributed by atoms with Crippen LogP contribution in [0.4, 0.5) is 0 Å². The van der Waals surface area contributed by atoms with Crippen molar-refractivity contribution in [3.05, 3.63) is 48.2 Å². The molecule has 1 aromatic carbocycles. The maximum Gasteiger partial charge on any atom is 0.118 e. The van der Waals surface area contributed by atoms with Crippen LogP contribution in [0.15, 0.2) is 37.1 Å². The summed E-state index contributed by atoms with van der Waals surface area (Å²) in [6.07, 6.45) is 1.66. The highest BCUT2D eigenvalue weighted by Crippen LogP contribution is 2.21. The number of ether oxygens (including phenoxy) is 8. The number of hydrogen-bond donors (Lipinski definition) is 0. The van der Waals surface area contributed by atoms with Gasteiger partial charge in [-0.2, -0.15) is 0 Å². The molecule has 230 valence electrons. The van der Waals surface area contributed by atoms with Crippen molar-refractivity contribution in [2.75, 3.05) is 60.5 Å². The highest BCUT2D eigenvalue weighted by molar-refractivity contribution is 5.70. The molecule has 0 fully saturated rings. The van der Waals surface area contributed by atoms with Gasteiger partial charge in [0.1, 0.15) is 6.10 Å². The minimum absolute atomic E-state index is 0.0242. The zero-order valence-electron chi connectivity index (χ0n) is 26.3. The summed E-state index contributed by atoms with van der Waals surface area (Å²) in [5.41, 5.74) is 4.02. The first-order chi connectivity index (χ1) is 19.0. The second kappa shape index (κ2) is 21.0. The Morgan fingerprint density at radius 1 is 0.650 bits per heavy atom. The van der Waals surface area contributed by atoms with E-state index in [0.29, 0.717) is 46.2 Å². The predicted molar refractivity (Wildman–Crippen MR) is 160 cm³/mol. The van der Waals surface area contributed by atoms with Gasteiger partial charge in [-0.15, -0.1) is 0 Å². The topological polar surface area (TPSA) is 73.8 Å². The van der Waals surface area contributed by atoms with Gasteiger partial charge in [-0.05, 0) is 76.8 Å². The van der Waals surface area contributed by atoms with E-state index in [1.165, 1.54) is 0 Å². The lowest BCUT2D eigenvalue weighted by atomic mass is 10.0. The fourth-order valence-corrected chi connectivity index (χ4v) is 3.55. The maximum absolute atomic E-state index is 5.99. The molecule has 6 unspecified atom stereocenters. The summed E-state index contributed by atoms with van der Waals surface area (Å²) in [6, 6.07) is 8.22. The summed E-state index contributed by atoms with van der Waals surface area (Å²) in [6.45, 7) is 21.7. The van der Waals surface area contributed by atoms with Gasteiger partial charge in [0.05, 0.1) is 83.0 Å². The van der Waals surface area contributed by atoms with Crippen molar-refractivity contribution in [1.82, 2.24) is 0 Å². The van der Waals surface area contributed by atoms with Crippen LogP contribution in [0.5, 0.6) is 0 Å². The monoisotopic (exact) mass is 566 g/mol. The molecule has 1 aromatic rings. The zero-order chi connectivity index (χ0) is 29.9. The third kappa shape index (κ3) is 16.5. The van der Waals surface area contributed by atoms with Crippen molar-refractivity contribution >= 4 is 11.1 Å². The van der Waals surface area contributed by atoms with Crippen LogP contribution in [0.25, 0.3) is 11.1 Å². The minimum Gasteiger partial charge on any atom is -0.496 e. The van der Waals surface area contributed by atoms with Crippen LogP contribution in [0.1, 0.15) is 59.6 Å². The predicted octanol–water partition coefficient (Wildman–Crippen LogP) is 5.78. The van der Waals surface area contributed by atoms with Gasteiger partial charge in [0, 0.05) is 14.2 Å². The highest BCUT2D eigenvalue weighted by Gasteiger charge is 2.12. The van der Waals surface area contributed by atoms with Crippen molar-refractivity contribution in [3.63, 3.8) is 0 Å². The van der Waals surface area contributed by atoms with Crippen LogP contribution < -0.4 is 0 Å². The average Bonchev–Trinajstić information content (AvgIpc) is 2.94. The number of allylic oxidation sites excluding steroid dienone is 1. The molecule has 0 saturated heterocycles. The van der Waals surface area contributed by atoms with Crippen molar-refractivity contribution in [1.29, 1.82) is 0 Å². The van der Waals surface area contributed by atoms with E-state index >= 15 is 0 Å². The molecule has 0 aliphatic heterocycles. The van der Waals surface area contributed by atoms with Crippen LogP contribution in [-0.2, 0) is 37.9 Å². The Kier molecular flexibility index (Phi) is 19.0. The van der Waals surface area contributed by atoms with E-state index in [9.17, 15) is 0 Å². The molecule has 8 heteroatoms. The van der Waals surface area contributed by atoms with E-state index in [-0.39, 0.29) is 36.6 Å². The Bertz CT molecular complexity index is 842. The summed E-state index contributed by atoms with van der Waals surface area (Å²) < 4.78 is 45.2. The average molecular weight is 567 g/mol. The fourth-order valence-electron chi connectivity index (χ4n) is 3.55. The Hall–Kier alpha value is -1.78. The summed E-state index contributed by atoms with van der Waals surface area (Å²) in [7, 11) is 3.33. The highest BCUT2D eigenvalue weighted by atomic mass is 16.6. The lowest BCUT2D eigenvalue weighted by Gasteiger charge is -2.20. The first kappa shape index (κ1) is 36.2. The lowest BCUT2D eigenvalue weighted by Crippen LogP contribution is -2.26. The SMILES string of the molecule is C=C(COC(C)COC(C)COC(C)COC)c1cccc(/C(C)=C\OC(C)COC(C)COC(C)COC)c1. The molecular formula is C32H54O8. The van der Waals surface area contributed by atoms with Crippen LogP contribution in [-0.4, -0.2) is 97.1 Å².